The van der Waals surface area contributed by atoms with Gasteiger partial charge in [-0.2, -0.15) is 11.3 Å². The van der Waals surface area contributed by atoms with Crippen LogP contribution in [0.2, 0.25) is 0 Å². The molecule has 0 aliphatic heterocycles. The second-order valence-corrected chi connectivity index (χ2v) is 5.25. The summed E-state index contributed by atoms with van der Waals surface area (Å²) in [5, 5.41) is 7.62. The van der Waals surface area contributed by atoms with Gasteiger partial charge in [-0.25, -0.2) is 9.97 Å². The Morgan fingerprint density at radius 3 is 2.56 bits per heavy atom. The molecule has 4 heteroatoms. The zero-order valence-electron chi connectivity index (χ0n) is 11.4. The average molecular weight is 261 g/mol. The standard InChI is InChI=1S/C14H19N3S/c1-5-6-15-13-10(3)11(4)16-14(17-13)12-8-18-7-9(12)2/h7-8H,5-6H2,1-4H3,(H,15,16,17). The maximum absolute atomic E-state index is 4.66. The minimum atomic E-state index is 0.829. The summed E-state index contributed by atoms with van der Waals surface area (Å²) in [6.45, 7) is 9.31. The fourth-order valence-electron chi connectivity index (χ4n) is 1.75. The van der Waals surface area contributed by atoms with Crippen molar-refractivity contribution in [1.82, 2.24) is 9.97 Å². The number of aromatic nitrogens is 2. The predicted molar refractivity (Wildman–Crippen MR) is 78.3 cm³/mol. The number of aryl methyl sites for hydroxylation is 2. The van der Waals surface area contributed by atoms with Crippen LogP contribution in [0.15, 0.2) is 10.8 Å². The maximum Gasteiger partial charge on any atom is 0.162 e. The van der Waals surface area contributed by atoms with Crippen LogP contribution in [0.3, 0.4) is 0 Å². The van der Waals surface area contributed by atoms with Crippen LogP contribution >= 0.6 is 11.3 Å². The molecule has 2 aromatic rings. The van der Waals surface area contributed by atoms with Gasteiger partial charge < -0.3 is 5.32 Å². The van der Waals surface area contributed by atoms with Crippen LogP contribution in [0.4, 0.5) is 5.82 Å². The van der Waals surface area contributed by atoms with Crippen molar-refractivity contribution in [2.24, 2.45) is 0 Å². The number of anilines is 1. The van der Waals surface area contributed by atoms with E-state index in [0.717, 1.165) is 41.4 Å². The van der Waals surface area contributed by atoms with E-state index in [4.69, 9.17) is 0 Å². The van der Waals surface area contributed by atoms with Crippen LogP contribution in [0.25, 0.3) is 11.4 Å². The van der Waals surface area contributed by atoms with Crippen LogP contribution in [-0.4, -0.2) is 16.5 Å². The maximum atomic E-state index is 4.66. The van der Waals surface area contributed by atoms with Crippen LogP contribution in [-0.2, 0) is 0 Å². The number of hydrogen-bond acceptors (Lipinski definition) is 4. The Labute approximate surface area is 112 Å². The van der Waals surface area contributed by atoms with Gasteiger partial charge in [0.1, 0.15) is 5.82 Å². The Morgan fingerprint density at radius 2 is 1.94 bits per heavy atom. The highest BCUT2D eigenvalue weighted by atomic mass is 32.1. The molecule has 0 unspecified atom stereocenters. The fourth-order valence-corrected chi connectivity index (χ4v) is 2.58. The summed E-state index contributed by atoms with van der Waals surface area (Å²) in [4.78, 5) is 9.26. The van der Waals surface area contributed by atoms with Gasteiger partial charge in [0.2, 0.25) is 0 Å². The second kappa shape index (κ2) is 5.48. The molecule has 0 aliphatic rings. The van der Waals surface area contributed by atoms with Gasteiger partial charge in [0.05, 0.1) is 0 Å². The summed E-state index contributed by atoms with van der Waals surface area (Å²) in [5.41, 5.74) is 4.57. The van der Waals surface area contributed by atoms with Crippen molar-refractivity contribution in [2.45, 2.75) is 34.1 Å². The molecule has 0 radical (unpaired) electrons. The largest absolute Gasteiger partial charge is 0.370 e. The van der Waals surface area contributed by atoms with E-state index >= 15 is 0 Å². The number of thiophene rings is 1. The third kappa shape index (κ3) is 2.53. The molecule has 0 saturated carbocycles. The molecule has 0 amide bonds. The first kappa shape index (κ1) is 13.0. The van der Waals surface area contributed by atoms with Gasteiger partial charge in [-0.1, -0.05) is 6.92 Å². The highest BCUT2D eigenvalue weighted by Gasteiger charge is 2.11. The van der Waals surface area contributed by atoms with Crippen LogP contribution in [0, 0.1) is 20.8 Å². The number of hydrogen-bond donors (Lipinski definition) is 1. The Hall–Kier alpha value is -1.42. The van der Waals surface area contributed by atoms with Crippen molar-refractivity contribution in [1.29, 1.82) is 0 Å². The number of rotatable bonds is 4. The summed E-state index contributed by atoms with van der Waals surface area (Å²) >= 11 is 1.69. The van der Waals surface area contributed by atoms with E-state index in [0.29, 0.717) is 0 Å². The lowest BCUT2D eigenvalue weighted by molar-refractivity contribution is 0.954. The Bertz CT molecular complexity index is 546. The van der Waals surface area contributed by atoms with E-state index < -0.39 is 0 Å². The van der Waals surface area contributed by atoms with Crippen LogP contribution in [0.5, 0.6) is 0 Å². The van der Waals surface area contributed by atoms with Gasteiger partial charge in [-0.05, 0) is 38.1 Å². The van der Waals surface area contributed by atoms with Gasteiger partial charge in [0.25, 0.3) is 0 Å². The molecule has 0 aliphatic carbocycles. The quantitative estimate of drug-likeness (QED) is 0.905. The third-order valence-electron chi connectivity index (χ3n) is 3.03. The number of nitrogens with one attached hydrogen (secondary N) is 1. The zero-order valence-corrected chi connectivity index (χ0v) is 12.2. The van der Waals surface area contributed by atoms with Crippen molar-refractivity contribution in [3.8, 4) is 11.4 Å². The molecule has 0 fully saturated rings. The van der Waals surface area contributed by atoms with Gasteiger partial charge >= 0.3 is 0 Å². The monoisotopic (exact) mass is 261 g/mol. The SMILES string of the molecule is CCCNc1nc(-c2cscc2C)nc(C)c1C. The third-order valence-corrected chi connectivity index (χ3v) is 3.89. The molecular weight excluding hydrogens is 242 g/mol. The first-order valence-electron chi connectivity index (χ1n) is 6.25. The molecule has 18 heavy (non-hydrogen) atoms. The summed E-state index contributed by atoms with van der Waals surface area (Å²) in [7, 11) is 0. The molecule has 3 nitrogen and oxygen atoms in total. The summed E-state index contributed by atoms with van der Waals surface area (Å²) < 4.78 is 0. The van der Waals surface area contributed by atoms with E-state index in [1.807, 2.05) is 6.92 Å². The highest BCUT2D eigenvalue weighted by molar-refractivity contribution is 7.08. The second-order valence-electron chi connectivity index (χ2n) is 4.50. The normalized spacial score (nSPS) is 10.7. The lowest BCUT2D eigenvalue weighted by atomic mass is 10.2. The minimum Gasteiger partial charge on any atom is -0.370 e. The molecule has 0 bridgehead atoms. The van der Waals surface area contributed by atoms with Crippen molar-refractivity contribution >= 4 is 17.2 Å². The molecule has 2 aromatic heterocycles. The average Bonchev–Trinajstić information content (AvgIpc) is 2.77. The smallest absolute Gasteiger partial charge is 0.162 e. The van der Waals surface area contributed by atoms with E-state index in [2.05, 4.69) is 46.8 Å². The Morgan fingerprint density at radius 1 is 1.17 bits per heavy atom. The zero-order chi connectivity index (χ0) is 13.1. The van der Waals surface area contributed by atoms with E-state index in [1.54, 1.807) is 11.3 Å². The summed E-state index contributed by atoms with van der Waals surface area (Å²) in [6, 6.07) is 0. The molecule has 0 atom stereocenters. The van der Waals surface area contributed by atoms with Gasteiger partial charge in [-0.15, -0.1) is 0 Å². The molecular formula is C14H19N3S. The summed E-state index contributed by atoms with van der Waals surface area (Å²) in [5.74, 6) is 1.79. The predicted octanol–water partition coefficient (Wildman–Crippen LogP) is 3.95. The van der Waals surface area contributed by atoms with E-state index in [-0.39, 0.29) is 0 Å². The van der Waals surface area contributed by atoms with Gasteiger partial charge in [-0.3, -0.25) is 0 Å². The van der Waals surface area contributed by atoms with Crippen molar-refractivity contribution in [2.75, 3.05) is 11.9 Å². The Kier molecular flexibility index (Phi) is 3.97. The molecule has 1 N–H and O–H groups in total. The molecule has 0 spiro atoms. The highest BCUT2D eigenvalue weighted by Crippen LogP contribution is 2.26. The molecule has 2 rings (SSSR count). The summed E-state index contributed by atoms with van der Waals surface area (Å²) in [6.07, 6.45) is 1.09. The molecule has 0 aromatic carbocycles. The topological polar surface area (TPSA) is 37.8 Å². The molecule has 0 saturated heterocycles. The van der Waals surface area contributed by atoms with Crippen LogP contribution in [0.1, 0.15) is 30.2 Å². The lowest BCUT2D eigenvalue weighted by Gasteiger charge is -2.11. The van der Waals surface area contributed by atoms with Gasteiger partial charge in [0.15, 0.2) is 5.82 Å². The molecule has 96 valence electrons. The van der Waals surface area contributed by atoms with E-state index in [9.17, 15) is 0 Å². The number of nitrogens with zero attached hydrogens (tertiary/aromatic N) is 2. The Balaban J connectivity index is 2.44. The van der Waals surface area contributed by atoms with Crippen molar-refractivity contribution in [3.63, 3.8) is 0 Å². The van der Waals surface area contributed by atoms with Crippen molar-refractivity contribution in [3.05, 3.63) is 27.6 Å². The first-order valence-corrected chi connectivity index (χ1v) is 7.20. The van der Waals surface area contributed by atoms with Crippen LogP contribution < -0.4 is 5.32 Å². The first-order chi connectivity index (χ1) is 8.63. The van der Waals surface area contributed by atoms with E-state index in [1.165, 1.54) is 5.56 Å². The lowest BCUT2D eigenvalue weighted by Crippen LogP contribution is -2.07. The van der Waals surface area contributed by atoms with Gasteiger partial charge in [0, 0.05) is 28.7 Å². The molecule has 2 heterocycles. The fraction of sp³-hybridized carbons (Fsp3) is 0.429. The minimum absolute atomic E-state index is 0.829. The van der Waals surface area contributed by atoms with Crippen molar-refractivity contribution < 1.29 is 0 Å².